The molecule has 2 rings (SSSR count). The van der Waals surface area contributed by atoms with Gasteiger partial charge in [-0.05, 0) is 39.5 Å². The molecule has 1 aromatic heterocycles. The number of ether oxygens (including phenoxy) is 1. The van der Waals surface area contributed by atoms with E-state index in [2.05, 4.69) is 15.9 Å². The molecule has 0 spiro atoms. The Morgan fingerprint density at radius 3 is 2.65 bits per heavy atom. The van der Waals surface area contributed by atoms with Gasteiger partial charge in [-0.25, -0.2) is 0 Å². The fraction of sp³-hybridized carbons (Fsp3) is 0.231. The lowest BCUT2D eigenvalue weighted by Crippen LogP contribution is -2.13. The minimum Gasteiger partial charge on any atom is -0.494 e. The zero-order valence-electron chi connectivity index (χ0n) is 9.30. The number of halogens is 1. The third kappa shape index (κ3) is 3.56. The van der Waals surface area contributed by atoms with E-state index in [1.165, 1.54) is 4.88 Å². The van der Waals surface area contributed by atoms with Crippen LogP contribution in [0.5, 0.6) is 5.75 Å². The normalized spacial score (nSPS) is 12.4. The quantitative estimate of drug-likeness (QED) is 0.906. The second kappa shape index (κ2) is 6.19. The van der Waals surface area contributed by atoms with E-state index < -0.39 is 0 Å². The average molecular weight is 312 g/mol. The molecular weight excluding hydrogens is 298 g/mol. The fourth-order valence-corrected chi connectivity index (χ4v) is 3.23. The molecule has 2 nitrogen and oxygen atoms in total. The van der Waals surface area contributed by atoms with Gasteiger partial charge in [0, 0.05) is 21.8 Å². The molecule has 17 heavy (non-hydrogen) atoms. The Morgan fingerprint density at radius 2 is 2.00 bits per heavy atom. The predicted molar refractivity (Wildman–Crippen MR) is 75.5 cm³/mol. The summed E-state index contributed by atoms with van der Waals surface area (Å²) in [5.41, 5.74) is 6.10. The van der Waals surface area contributed by atoms with Crippen LogP contribution in [0.4, 0.5) is 0 Å². The number of hydrogen-bond acceptors (Lipinski definition) is 3. The van der Waals surface area contributed by atoms with Crippen LogP contribution in [-0.4, -0.2) is 6.61 Å². The Morgan fingerprint density at radius 1 is 1.24 bits per heavy atom. The van der Waals surface area contributed by atoms with Crippen LogP contribution in [0, 0.1) is 0 Å². The van der Waals surface area contributed by atoms with Gasteiger partial charge < -0.3 is 10.5 Å². The van der Waals surface area contributed by atoms with Crippen molar-refractivity contribution in [3.63, 3.8) is 0 Å². The zero-order chi connectivity index (χ0) is 12.1. The summed E-state index contributed by atoms with van der Waals surface area (Å²) in [6.45, 7) is 0.634. The van der Waals surface area contributed by atoms with Crippen molar-refractivity contribution in [2.75, 3.05) is 6.61 Å². The van der Waals surface area contributed by atoms with Gasteiger partial charge in [0.25, 0.3) is 0 Å². The highest BCUT2D eigenvalue weighted by Crippen LogP contribution is 2.29. The Kier molecular flexibility index (Phi) is 4.59. The van der Waals surface area contributed by atoms with Crippen molar-refractivity contribution in [2.45, 2.75) is 12.5 Å². The Bertz CT molecular complexity index is 457. The molecule has 0 aliphatic rings. The van der Waals surface area contributed by atoms with Gasteiger partial charge in [-0.1, -0.05) is 18.2 Å². The van der Waals surface area contributed by atoms with Crippen LogP contribution in [-0.2, 0) is 0 Å². The number of thiophene rings is 1. The van der Waals surface area contributed by atoms with Crippen molar-refractivity contribution in [2.24, 2.45) is 5.73 Å². The van der Waals surface area contributed by atoms with E-state index in [9.17, 15) is 0 Å². The predicted octanol–water partition coefficient (Wildman–Crippen LogP) is 3.98. The van der Waals surface area contributed by atoms with Gasteiger partial charge in [-0.15, -0.1) is 11.3 Å². The molecule has 0 aliphatic heterocycles. The largest absolute Gasteiger partial charge is 0.494 e. The third-order valence-electron chi connectivity index (χ3n) is 2.42. The summed E-state index contributed by atoms with van der Waals surface area (Å²) in [5, 5.41) is 2.04. The summed E-state index contributed by atoms with van der Waals surface area (Å²) in [5.74, 6) is 0.893. The van der Waals surface area contributed by atoms with Gasteiger partial charge in [-0.3, -0.25) is 0 Å². The van der Waals surface area contributed by atoms with Crippen LogP contribution in [0.15, 0.2) is 46.3 Å². The molecule has 2 N–H and O–H groups in total. The molecule has 1 unspecified atom stereocenters. The van der Waals surface area contributed by atoms with Crippen LogP contribution in [0.3, 0.4) is 0 Å². The standard InChI is InChI=1S/C13H14BrNOS/c14-11-7-9-17-13(11)12(15)6-8-16-10-4-2-1-3-5-10/h1-5,7,9,12H,6,8,15H2. The number of benzene rings is 1. The maximum absolute atomic E-state index is 6.10. The van der Waals surface area contributed by atoms with E-state index >= 15 is 0 Å². The highest BCUT2D eigenvalue weighted by molar-refractivity contribution is 9.10. The van der Waals surface area contributed by atoms with Gasteiger partial charge in [-0.2, -0.15) is 0 Å². The number of hydrogen-bond donors (Lipinski definition) is 1. The van der Waals surface area contributed by atoms with E-state index in [1.807, 2.05) is 41.8 Å². The topological polar surface area (TPSA) is 35.2 Å². The molecule has 0 saturated carbocycles. The Labute approximate surface area is 114 Å². The van der Waals surface area contributed by atoms with Crippen molar-refractivity contribution in [1.29, 1.82) is 0 Å². The molecule has 90 valence electrons. The molecule has 2 aromatic rings. The molecule has 0 saturated heterocycles. The maximum atomic E-state index is 6.10. The van der Waals surface area contributed by atoms with Crippen LogP contribution in [0.1, 0.15) is 17.3 Å². The van der Waals surface area contributed by atoms with Gasteiger partial charge in [0.1, 0.15) is 5.75 Å². The zero-order valence-corrected chi connectivity index (χ0v) is 11.7. The highest BCUT2D eigenvalue weighted by Gasteiger charge is 2.11. The van der Waals surface area contributed by atoms with Gasteiger partial charge in [0.15, 0.2) is 0 Å². The van der Waals surface area contributed by atoms with E-state index in [1.54, 1.807) is 11.3 Å². The average Bonchev–Trinajstić information content (AvgIpc) is 2.77. The fourth-order valence-electron chi connectivity index (χ4n) is 1.52. The second-order valence-electron chi connectivity index (χ2n) is 3.69. The smallest absolute Gasteiger partial charge is 0.119 e. The van der Waals surface area contributed by atoms with Gasteiger partial charge in [0.05, 0.1) is 6.61 Å². The van der Waals surface area contributed by atoms with Crippen LogP contribution in [0.25, 0.3) is 0 Å². The first-order chi connectivity index (χ1) is 8.27. The van der Waals surface area contributed by atoms with Crippen molar-refractivity contribution in [3.05, 3.63) is 51.1 Å². The Balaban J connectivity index is 1.81. The maximum Gasteiger partial charge on any atom is 0.119 e. The molecule has 1 atom stereocenters. The summed E-state index contributed by atoms with van der Waals surface area (Å²) in [6.07, 6.45) is 0.813. The van der Waals surface area contributed by atoms with Crippen molar-refractivity contribution in [3.8, 4) is 5.75 Å². The minimum absolute atomic E-state index is 0.0353. The van der Waals surface area contributed by atoms with Crippen molar-refractivity contribution in [1.82, 2.24) is 0 Å². The molecular formula is C13H14BrNOS. The summed E-state index contributed by atoms with van der Waals surface area (Å²) < 4.78 is 6.72. The molecule has 4 heteroatoms. The van der Waals surface area contributed by atoms with E-state index in [-0.39, 0.29) is 6.04 Å². The summed E-state index contributed by atoms with van der Waals surface area (Å²) >= 11 is 5.17. The van der Waals surface area contributed by atoms with Crippen molar-refractivity contribution < 1.29 is 4.74 Å². The summed E-state index contributed by atoms with van der Waals surface area (Å²) in [4.78, 5) is 1.18. The number of rotatable bonds is 5. The molecule has 0 aliphatic carbocycles. The second-order valence-corrected chi connectivity index (χ2v) is 5.49. The number of nitrogens with two attached hydrogens (primary N) is 1. The van der Waals surface area contributed by atoms with Crippen LogP contribution in [0.2, 0.25) is 0 Å². The Hall–Kier alpha value is -0.840. The SMILES string of the molecule is NC(CCOc1ccccc1)c1sccc1Br. The van der Waals surface area contributed by atoms with Gasteiger partial charge >= 0.3 is 0 Å². The molecule has 0 bridgehead atoms. The molecule has 1 aromatic carbocycles. The van der Waals surface area contributed by atoms with E-state index in [0.29, 0.717) is 6.61 Å². The van der Waals surface area contributed by atoms with E-state index in [4.69, 9.17) is 10.5 Å². The molecule has 0 fully saturated rings. The first-order valence-corrected chi connectivity index (χ1v) is 7.11. The lowest BCUT2D eigenvalue weighted by atomic mass is 10.2. The van der Waals surface area contributed by atoms with Crippen LogP contribution < -0.4 is 10.5 Å². The first-order valence-electron chi connectivity index (χ1n) is 5.43. The summed E-state index contributed by atoms with van der Waals surface area (Å²) in [6, 6.07) is 11.9. The van der Waals surface area contributed by atoms with Crippen LogP contribution >= 0.6 is 27.3 Å². The monoisotopic (exact) mass is 311 g/mol. The highest BCUT2D eigenvalue weighted by atomic mass is 79.9. The van der Waals surface area contributed by atoms with Crippen molar-refractivity contribution >= 4 is 27.3 Å². The van der Waals surface area contributed by atoms with Gasteiger partial charge in [0.2, 0.25) is 0 Å². The first kappa shape index (κ1) is 12.6. The minimum atomic E-state index is 0.0353. The third-order valence-corrected chi connectivity index (χ3v) is 4.43. The lowest BCUT2D eigenvalue weighted by molar-refractivity contribution is 0.299. The molecule has 0 amide bonds. The lowest BCUT2D eigenvalue weighted by Gasteiger charge is -2.11. The number of para-hydroxylation sites is 1. The summed E-state index contributed by atoms with van der Waals surface area (Å²) in [7, 11) is 0. The molecule has 1 heterocycles. The van der Waals surface area contributed by atoms with E-state index in [0.717, 1.165) is 16.6 Å². The molecule has 0 radical (unpaired) electrons.